The number of carbonyl (C=O) groups excluding carboxylic acids is 1. The van der Waals surface area contributed by atoms with Gasteiger partial charge >= 0.3 is 0 Å². The largest absolute Gasteiger partial charge is 0.451 e. The fourth-order valence-electron chi connectivity index (χ4n) is 2.66. The molecule has 2 aromatic carbocycles. The molecule has 2 N–H and O–H groups in total. The molecule has 0 aliphatic rings. The van der Waals surface area contributed by atoms with Gasteiger partial charge in [-0.05, 0) is 92.5 Å². The van der Waals surface area contributed by atoms with Crippen molar-refractivity contribution < 1.29 is 9.21 Å². The molecule has 1 amide bonds. The van der Waals surface area contributed by atoms with Crippen molar-refractivity contribution in [2.45, 2.75) is 27.7 Å². The summed E-state index contributed by atoms with van der Waals surface area (Å²) in [5.41, 5.74) is 6.51. The van der Waals surface area contributed by atoms with Crippen LogP contribution in [0.25, 0.3) is 11.3 Å². The van der Waals surface area contributed by atoms with Crippen molar-refractivity contribution in [2.75, 3.05) is 5.32 Å². The number of anilines is 1. The van der Waals surface area contributed by atoms with Crippen molar-refractivity contribution in [3.05, 3.63) is 76.5 Å². The van der Waals surface area contributed by atoms with Crippen LogP contribution in [0.5, 0.6) is 0 Å². The molecule has 0 unspecified atom stereocenters. The molecule has 0 spiro atoms. The SMILES string of the molecule is Cc1ccc(NC(=S)NC(=O)c2ccc(-c3ccc(C)c(C)c3)o2)cc1C. The zero-order chi connectivity index (χ0) is 19.6. The van der Waals surface area contributed by atoms with Gasteiger partial charge in [0.15, 0.2) is 10.9 Å². The average Bonchev–Trinajstić information content (AvgIpc) is 3.11. The van der Waals surface area contributed by atoms with Crippen LogP contribution in [0, 0.1) is 27.7 Å². The van der Waals surface area contributed by atoms with Gasteiger partial charge in [0.25, 0.3) is 5.91 Å². The summed E-state index contributed by atoms with van der Waals surface area (Å²) >= 11 is 5.24. The van der Waals surface area contributed by atoms with E-state index in [0.29, 0.717) is 5.76 Å². The van der Waals surface area contributed by atoms with Gasteiger partial charge in [-0.15, -0.1) is 0 Å². The van der Waals surface area contributed by atoms with Crippen LogP contribution in [0.2, 0.25) is 0 Å². The minimum Gasteiger partial charge on any atom is -0.451 e. The van der Waals surface area contributed by atoms with Crippen molar-refractivity contribution in [1.82, 2.24) is 5.32 Å². The third-order valence-corrected chi connectivity index (χ3v) is 4.82. The quantitative estimate of drug-likeness (QED) is 0.607. The predicted octanol–water partition coefficient (Wildman–Crippen LogP) is 5.31. The van der Waals surface area contributed by atoms with Crippen LogP contribution in [0.1, 0.15) is 32.8 Å². The van der Waals surface area contributed by atoms with E-state index in [9.17, 15) is 4.79 Å². The summed E-state index contributed by atoms with van der Waals surface area (Å²) < 4.78 is 5.71. The monoisotopic (exact) mass is 378 g/mol. The standard InChI is InChI=1S/C22H22N2O2S/c1-13-5-7-17(11-15(13)3)19-9-10-20(26-19)21(25)24-22(27)23-18-8-6-14(2)16(4)12-18/h5-12H,1-4H3,(H2,23,24,25,27). The van der Waals surface area contributed by atoms with Crippen LogP contribution in [0.4, 0.5) is 5.69 Å². The van der Waals surface area contributed by atoms with Gasteiger partial charge in [-0.25, -0.2) is 0 Å². The Bertz CT molecular complexity index is 1020. The van der Waals surface area contributed by atoms with Gasteiger partial charge in [0.1, 0.15) is 5.76 Å². The molecule has 3 aromatic rings. The van der Waals surface area contributed by atoms with Crippen LogP contribution < -0.4 is 10.6 Å². The molecule has 4 nitrogen and oxygen atoms in total. The molecule has 1 heterocycles. The van der Waals surface area contributed by atoms with Crippen LogP contribution in [-0.4, -0.2) is 11.0 Å². The summed E-state index contributed by atoms with van der Waals surface area (Å²) in [4.78, 5) is 12.4. The topological polar surface area (TPSA) is 54.3 Å². The number of rotatable bonds is 3. The first-order valence-electron chi connectivity index (χ1n) is 8.70. The van der Waals surface area contributed by atoms with Gasteiger partial charge in [0.2, 0.25) is 0 Å². The molecule has 3 rings (SSSR count). The fraction of sp³-hybridized carbons (Fsp3) is 0.182. The van der Waals surface area contributed by atoms with E-state index >= 15 is 0 Å². The highest BCUT2D eigenvalue weighted by atomic mass is 32.1. The maximum atomic E-state index is 12.4. The maximum Gasteiger partial charge on any atom is 0.293 e. The first-order chi connectivity index (χ1) is 12.8. The Morgan fingerprint density at radius 1 is 0.852 bits per heavy atom. The Labute approximate surface area is 164 Å². The zero-order valence-corrected chi connectivity index (χ0v) is 16.7. The van der Waals surface area contributed by atoms with E-state index in [2.05, 4.69) is 17.6 Å². The van der Waals surface area contributed by atoms with E-state index in [4.69, 9.17) is 16.6 Å². The Morgan fingerprint density at radius 2 is 1.52 bits per heavy atom. The lowest BCUT2D eigenvalue weighted by molar-refractivity contribution is 0.0951. The van der Waals surface area contributed by atoms with Gasteiger partial charge < -0.3 is 9.73 Å². The minimum atomic E-state index is -0.383. The third kappa shape index (κ3) is 4.44. The molecule has 27 heavy (non-hydrogen) atoms. The van der Waals surface area contributed by atoms with Crippen LogP contribution in [-0.2, 0) is 0 Å². The van der Waals surface area contributed by atoms with E-state index in [0.717, 1.165) is 16.8 Å². The summed E-state index contributed by atoms with van der Waals surface area (Å²) in [6.07, 6.45) is 0. The molecule has 0 aliphatic carbocycles. The Hall–Kier alpha value is -2.92. The van der Waals surface area contributed by atoms with Gasteiger partial charge in [0, 0.05) is 11.3 Å². The number of benzene rings is 2. The fourth-order valence-corrected chi connectivity index (χ4v) is 2.87. The summed E-state index contributed by atoms with van der Waals surface area (Å²) in [5, 5.41) is 5.90. The summed E-state index contributed by atoms with van der Waals surface area (Å²) in [6.45, 7) is 8.18. The smallest absolute Gasteiger partial charge is 0.293 e. The molecular formula is C22H22N2O2S. The molecule has 0 radical (unpaired) electrons. The first kappa shape index (κ1) is 18.9. The summed E-state index contributed by atoms with van der Waals surface area (Å²) in [7, 11) is 0. The van der Waals surface area contributed by atoms with E-state index in [1.165, 1.54) is 16.7 Å². The third-order valence-electron chi connectivity index (χ3n) is 4.61. The molecular weight excluding hydrogens is 356 g/mol. The second-order valence-corrected chi connectivity index (χ2v) is 7.08. The van der Waals surface area contributed by atoms with Crippen LogP contribution >= 0.6 is 12.2 Å². The second-order valence-electron chi connectivity index (χ2n) is 6.67. The molecule has 138 valence electrons. The second kappa shape index (κ2) is 7.76. The number of hydrogen-bond acceptors (Lipinski definition) is 3. The molecule has 0 saturated heterocycles. The number of carbonyl (C=O) groups is 1. The Morgan fingerprint density at radius 3 is 2.19 bits per heavy atom. The maximum absolute atomic E-state index is 12.4. The average molecular weight is 378 g/mol. The number of thiocarbonyl (C=S) groups is 1. The lowest BCUT2D eigenvalue weighted by atomic mass is 10.1. The van der Waals surface area contributed by atoms with Gasteiger partial charge in [0.05, 0.1) is 0 Å². The summed E-state index contributed by atoms with van der Waals surface area (Å²) in [6, 6.07) is 15.4. The van der Waals surface area contributed by atoms with Gasteiger partial charge in [-0.2, -0.15) is 0 Å². The van der Waals surface area contributed by atoms with Gasteiger partial charge in [-0.1, -0.05) is 18.2 Å². The van der Waals surface area contributed by atoms with E-state index in [1.807, 2.05) is 57.2 Å². The highest BCUT2D eigenvalue weighted by molar-refractivity contribution is 7.80. The predicted molar refractivity (Wildman–Crippen MR) is 113 cm³/mol. The van der Waals surface area contributed by atoms with E-state index < -0.39 is 0 Å². The lowest BCUT2D eigenvalue weighted by Gasteiger charge is -2.10. The van der Waals surface area contributed by atoms with Crippen LogP contribution in [0.3, 0.4) is 0 Å². The van der Waals surface area contributed by atoms with Crippen molar-refractivity contribution in [2.24, 2.45) is 0 Å². The molecule has 1 aromatic heterocycles. The van der Waals surface area contributed by atoms with Crippen molar-refractivity contribution in [3.63, 3.8) is 0 Å². The number of amides is 1. The number of hydrogen-bond donors (Lipinski definition) is 2. The molecule has 0 aliphatic heterocycles. The van der Waals surface area contributed by atoms with Crippen molar-refractivity contribution in [3.8, 4) is 11.3 Å². The Kier molecular flexibility index (Phi) is 5.42. The minimum absolute atomic E-state index is 0.215. The molecule has 0 fully saturated rings. The van der Waals surface area contributed by atoms with Crippen molar-refractivity contribution >= 4 is 28.9 Å². The number of nitrogens with one attached hydrogen (secondary N) is 2. The zero-order valence-electron chi connectivity index (χ0n) is 15.8. The highest BCUT2D eigenvalue weighted by Crippen LogP contribution is 2.24. The first-order valence-corrected chi connectivity index (χ1v) is 9.11. The van der Waals surface area contributed by atoms with Crippen LogP contribution in [0.15, 0.2) is 52.9 Å². The van der Waals surface area contributed by atoms with Gasteiger partial charge in [-0.3, -0.25) is 10.1 Å². The molecule has 0 saturated carbocycles. The normalized spacial score (nSPS) is 10.5. The van der Waals surface area contributed by atoms with Crippen molar-refractivity contribution in [1.29, 1.82) is 0 Å². The molecule has 5 heteroatoms. The van der Waals surface area contributed by atoms with E-state index in [1.54, 1.807) is 12.1 Å². The molecule has 0 bridgehead atoms. The summed E-state index contributed by atoms with van der Waals surface area (Å²) in [5.74, 6) is 0.482. The Balaban J connectivity index is 1.67. The molecule has 0 atom stereocenters. The van der Waals surface area contributed by atoms with E-state index in [-0.39, 0.29) is 16.8 Å². The highest BCUT2D eigenvalue weighted by Gasteiger charge is 2.14. The lowest BCUT2D eigenvalue weighted by Crippen LogP contribution is -2.33. The number of aryl methyl sites for hydroxylation is 4. The number of furan rings is 1.